The third kappa shape index (κ3) is 2.21. The Bertz CT molecular complexity index is 187. The summed E-state index contributed by atoms with van der Waals surface area (Å²) in [4.78, 5) is 11.2. The Hall–Kier alpha value is -0.570. The molecule has 1 atom stereocenters. The zero-order valence-electron chi connectivity index (χ0n) is 8.18. The Morgan fingerprint density at radius 3 is 2.50 bits per heavy atom. The first-order valence-electron chi connectivity index (χ1n) is 4.41. The lowest BCUT2D eigenvalue weighted by Crippen LogP contribution is -2.39. The van der Waals surface area contributed by atoms with E-state index in [1.165, 1.54) is 0 Å². The number of hydrogen-bond donors (Lipinski definition) is 1. The van der Waals surface area contributed by atoms with Gasteiger partial charge in [-0.3, -0.25) is 10.1 Å². The van der Waals surface area contributed by atoms with Crippen molar-refractivity contribution < 1.29 is 9.53 Å². The molecular formula is C9H17NO2. The van der Waals surface area contributed by atoms with Crippen LogP contribution in [0.5, 0.6) is 0 Å². The van der Waals surface area contributed by atoms with Gasteiger partial charge >= 0.3 is 5.97 Å². The number of rotatable bonds is 2. The van der Waals surface area contributed by atoms with Crippen LogP contribution < -0.4 is 5.32 Å². The Balaban J connectivity index is 2.53. The molecule has 0 saturated carbocycles. The predicted octanol–water partition coefficient (Wildman–Crippen LogP) is 1.28. The molecule has 1 N–H and O–H groups in total. The van der Waals surface area contributed by atoms with Crippen molar-refractivity contribution in [3.8, 4) is 0 Å². The summed E-state index contributed by atoms with van der Waals surface area (Å²) in [6, 6.07) is -0.111. The van der Waals surface area contributed by atoms with Crippen LogP contribution in [0.3, 0.4) is 0 Å². The van der Waals surface area contributed by atoms with Crippen LogP contribution in [-0.4, -0.2) is 17.7 Å². The van der Waals surface area contributed by atoms with E-state index in [4.69, 9.17) is 4.74 Å². The minimum Gasteiger partial charge on any atom is -0.443 e. The maximum absolute atomic E-state index is 11.2. The molecule has 0 bridgehead atoms. The van der Waals surface area contributed by atoms with E-state index in [1.807, 2.05) is 13.8 Å². The van der Waals surface area contributed by atoms with Gasteiger partial charge in [-0.1, -0.05) is 13.8 Å². The summed E-state index contributed by atoms with van der Waals surface area (Å²) in [5, 5.41) is 3.14. The zero-order valence-corrected chi connectivity index (χ0v) is 8.18. The molecule has 0 aromatic rings. The molecule has 1 rings (SSSR count). The van der Waals surface area contributed by atoms with Gasteiger partial charge in [0.05, 0.1) is 0 Å². The highest BCUT2D eigenvalue weighted by atomic mass is 16.6. The van der Waals surface area contributed by atoms with Crippen LogP contribution in [0.1, 0.15) is 34.1 Å². The van der Waals surface area contributed by atoms with Crippen molar-refractivity contribution in [1.29, 1.82) is 0 Å². The van der Waals surface area contributed by atoms with Crippen LogP contribution in [0, 0.1) is 5.92 Å². The lowest BCUT2D eigenvalue weighted by atomic mass is 10.0. The Kier molecular flexibility index (Phi) is 2.42. The van der Waals surface area contributed by atoms with Crippen LogP contribution in [-0.2, 0) is 9.53 Å². The summed E-state index contributed by atoms with van der Waals surface area (Å²) in [6.07, 6.45) is 0.849. The van der Waals surface area contributed by atoms with Crippen LogP contribution in [0.15, 0.2) is 0 Å². The van der Waals surface area contributed by atoms with E-state index in [-0.39, 0.29) is 12.0 Å². The molecule has 0 radical (unpaired) electrons. The molecule has 0 amide bonds. The average Bonchev–Trinajstić information content (AvgIpc) is 2.03. The van der Waals surface area contributed by atoms with Gasteiger partial charge in [-0.15, -0.1) is 0 Å². The molecule has 1 fully saturated rings. The lowest BCUT2D eigenvalue weighted by molar-refractivity contribution is -0.147. The van der Waals surface area contributed by atoms with Crippen molar-refractivity contribution in [2.24, 2.45) is 5.92 Å². The number of cyclic esters (lactones) is 1. The summed E-state index contributed by atoms with van der Waals surface area (Å²) < 4.78 is 5.11. The largest absolute Gasteiger partial charge is 0.443 e. The van der Waals surface area contributed by atoms with E-state index in [2.05, 4.69) is 19.2 Å². The third-order valence-electron chi connectivity index (χ3n) is 1.87. The Morgan fingerprint density at radius 2 is 2.17 bits per heavy atom. The van der Waals surface area contributed by atoms with Crippen LogP contribution in [0.25, 0.3) is 0 Å². The first-order chi connectivity index (χ1) is 5.41. The maximum atomic E-state index is 11.2. The number of nitrogens with one attached hydrogen (secondary N) is 1. The summed E-state index contributed by atoms with van der Waals surface area (Å²) in [5.41, 5.74) is -0.476. The predicted molar refractivity (Wildman–Crippen MR) is 46.5 cm³/mol. The smallest absolute Gasteiger partial charge is 0.325 e. The topological polar surface area (TPSA) is 38.3 Å². The molecule has 0 unspecified atom stereocenters. The second-order valence-electron chi connectivity index (χ2n) is 4.26. The fourth-order valence-corrected chi connectivity index (χ4v) is 1.46. The van der Waals surface area contributed by atoms with Gasteiger partial charge < -0.3 is 4.74 Å². The van der Waals surface area contributed by atoms with Gasteiger partial charge in [-0.2, -0.15) is 0 Å². The van der Waals surface area contributed by atoms with E-state index in [0.29, 0.717) is 5.92 Å². The normalized spacial score (nSPS) is 27.8. The van der Waals surface area contributed by atoms with E-state index in [1.54, 1.807) is 0 Å². The van der Waals surface area contributed by atoms with Crippen molar-refractivity contribution in [2.75, 3.05) is 0 Å². The second-order valence-corrected chi connectivity index (χ2v) is 4.26. The number of hydrogen-bond acceptors (Lipinski definition) is 3. The van der Waals surface area contributed by atoms with Gasteiger partial charge in [-0.25, -0.2) is 0 Å². The maximum Gasteiger partial charge on any atom is 0.325 e. The molecule has 0 aromatic carbocycles. The summed E-state index contributed by atoms with van der Waals surface area (Å²) >= 11 is 0. The van der Waals surface area contributed by atoms with Crippen LogP contribution >= 0.6 is 0 Å². The van der Waals surface area contributed by atoms with Gasteiger partial charge in [0.25, 0.3) is 0 Å². The van der Waals surface area contributed by atoms with E-state index in [9.17, 15) is 4.79 Å². The van der Waals surface area contributed by atoms with E-state index >= 15 is 0 Å². The summed E-state index contributed by atoms with van der Waals surface area (Å²) in [7, 11) is 0. The van der Waals surface area contributed by atoms with Crippen molar-refractivity contribution in [3.05, 3.63) is 0 Å². The van der Waals surface area contributed by atoms with Gasteiger partial charge in [-0.05, 0) is 26.2 Å². The minimum atomic E-state index is -0.476. The SMILES string of the molecule is CC(C)C[C@@H]1NC(C)(C)OC1=O. The number of carbonyl (C=O) groups is 1. The molecule has 1 aliphatic heterocycles. The average molecular weight is 171 g/mol. The molecule has 3 heteroatoms. The molecule has 1 aliphatic rings. The summed E-state index contributed by atoms with van der Waals surface area (Å²) in [6.45, 7) is 7.93. The third-order valence-corrected chi connectivity index (χ3v) is 1.87. The fourth-order valence-electron chi connectivity index (χ4n) is 1.46. The van der Waals surface area contributed by atoms with E-state index in [0.717, 1.165) is 6.42 Å². The summed E-state index contributed by atoms with van der Waals surface area (Å²) in [5.74, 6) is 0.401. The molecule has 0 spiro atoms. The van der Waals surface area contributed by atoms with Crippen molar-refractivity contribution in [2.45, 2.75) is 45.9 Å². The molecule has 1 heterocycles. The molecule has 70 valence electrons. The number of carbonyl (C=O) groups excluding carboxylic acids is 1. The van der Waals surface area contributed by atoms with Gasteiger partial charge in [0.2, 0.25) is 0 Å². The lowest BCUT2D eigenvalue weighted by Gasteiger charge is -2.16. The highest BCUT2D eigenvalue weighted by Gasteiger charge is 2.38. The van der Waals surface area contributed by atoms with Crippen molar-refractivity contribution in [3.63, 3.8) is 0 Å². The Morgan fingerprint density at radius 1 is 1.58 bits per heavy atom. The van der Waals surface area contributed by atoms with E-state index < -0.39 is 5.72 Å². The number of ether oxygens (including phenoxy) is 1. The first kappa shape index (κ1) is 9.52. The molecule has 12 heavy (non-hydrogen) atoms. The van der Waals surface area contributed by atoms with Crippen molar-refractivity contribution in [1.82, 2.24) is 5.32 Å². The molecular weight excluding hydrogens is 154 g/mol. The highest BCUT2D eigenvalue weighted by Crippen LogP contribution is 2.19. The van der Waals surface area contributed by atoms with Gasteiger partial charge in [0.15, 0.2) is 5.72 Å². The van der Waals surface area contributed by atoms with Gasteiger partial charge in [0.1, 0.15) is 6.04 Å². The minimum absolute atomic E-state index is 0.111. The fraction of sp³-hybridized carbons (Fsp3) is 0.889. The van der Waals surface area contributed by atoms with Crippen molar-refractivity contribution >= 4 is 5.97 Å². The highest BCUT2D eigenvalue weighted by molar-refractivity contribution is 5.78. The quantitative estimate of drug-likeness (QED) is 0.636. The Labute approximate surface area is 73.5 Å². The number of esters is 1. The standard InChI is InChI=1S/C9H17NO2/c1-6(2)5-7-8(11)12-9(3,4)10-7/h6-7,10H,5H2,1-4H3/t7-/m0/s1. The van der Waals surface area contributed by atoms with Gasteiger partial charge in [0, 0.05) is 0 Å². The molecule has 1 saturated heterocycles. The zero-order chi connectivity index (χ0) is 9.35. The monoisotopic (exact) mass is 171 g/mol. The molecule has 0 aliphatic carbocycles. The van der Waals surface area contributed by atoms with Crippen LogP contribution in [0.4, 0.5) is 0 Å². The molecule has 0 aromatic heterocycles. The second kappa shape index (κ2) is 3.05. The van der Waals surface area contributed by atoms with Crippen LogP contribution in [0.2, 0.25) is 0 Å². The molecule has 3 nitrogen and oxygen atoms in total. The first-order valence-corrected chi connectivity index (χ1v) is 4.41.